The van der Waals surface area contributed by atoms with Crippen LogP contribution >= 0.6 is 11.6 Å². The molecule has 1 aromatic carbocycles. The second-order valence-electron chi connectivity index (χ2n) is 4.45. The molecule has 92 valence electrons. The molecule has 1 heterocycles. The Balaban J connectivity index is 2.47. The Kier molecular flexibility index (Phi) is 2.91. The molecule has 5 heteroatoms. The molecule has 1 aromatic rings. The summed E-state index contributed by atoms with van der Waals surface area (Å²) in [5, 5.41) is 0. The normalized spacial score (nSPS) is 16.0. The average molecular weight is 257 g/mol. The molecule has 0 aromatic heterocycles. The minimum atomic E-state index is -0.859. The number of fused-ring (bicyclic) bond motifs is 1. The fraction of sp³-hybridized carbons (Fsp3) is 0.417. The van der Waals surface area contributed by atoms with Crippen molar-refractivity contribution in [2.75, 3.05) is 7.11 Å². The molecule has 0 saturated carbocycles. The highest BCUT2D eigenvalue weighted by Gasteiger charge is 2.35. The Labute approximate surface area is 104 Å². The molecule has 0 spiro atoms. The summed E-state index contributed by atoms with van der Waals surface area (Å²) < 4.78 is 15.9. The molecular weight excluding hydrogens is 244 g/mol. The van der Waals surface area contributed by atoms with Crippen LogP contribution in [0.4, 0.5) is 4.79 Å². The minimum absolute atomic E-state index is 0.343. The molecule has 0 unspecified atom stereocenters. The molecule has 0 radical (unpaired) electrons. The summed E-state index contributed by atoms with van der Waals surface area (Å²) in [7, 11) is 1.57. The van der Waals surface area contributed by atoms with Gasteiger partial charge < -0.3 is 14.2 Å². The summed E-state index contributed by atoms with van der Waals surface area (Å²) in [6, 6.07) is 3.35. The second-order valence-corrected chi connectivity index (χ2v) is 4.76. The van der Waals surface area contributed by atoms with Gasteiger partial charge in [0.05, 0.1) is 7.11 Å². The molecule has 2 rings (SSSR count). The van der Waals surface area contributed by atoms with E-state index >= 15 is 0 Å². The van der Waals surface area contributed by atoms with Gasteiger partial charge in [0.1, 0.15) is 11.4 Å². The molecule has 0 fully saturated rings. The predicted molar refractivity (Wildman–Crippen MR) is 63.3 cm³/mol. The van der Waals surface area contributed by atoms with Gasteiger partial charge in [0.25, 0.3) is 0 Å². The Hall–Kier alpha value is -1.42. The number of hydrogen-bond acceptors (Lipinski definition) is 4. The van der Waals surface area contributed by atoms with Crippen LogP contribution in [0.25, 0.3) is 0 Å². The third kappa shape index (κ3) is 2.31. The number of rotatable bonds is 2. The van der Waals surface area contributed by atoms with Gasteiger partial charge in [-0.25, -0.2) is 4.79 Å². The highest BCUT2D eigenvalue weighted by atomic mass is 35.5. The number of benzene rings is 1. The van der Waals surface area contributed by atoms with Crippen LogP contribution in [0.15, 0.2) is 12.1 Å². The Morgan fingerprint density at radius 3 is 2.65 bits per heavy atom. The monoisotopic (exact) mass is 256 g/mol. The number of carbonyl (C=O) groups excluding carboxylic acids is 1. The number of methoxy groups -OCH3 is 1. The first-order valence-electron chi connectivity index (χ1n) is 5.19. The number of ether oxygens (including phenoxy) is 3. The summed E-state index contributed by atoms with van der Waals surface area (Å²) in [4.78, 5) is 10.8. The van der Waals surface area contributed by atoms with E-state index in [9.17, 15) is 4.79 Å². The fourth-order valence-electron chi connectivity index (χ4n) is 1.95. The first-order chi connectivity index (χ1) is 7.93. The molecule has 1 aliphatic rings. The van der Waals surface area contributed by atoms with E-state index in [4.69, 9.17) is 25.8 Å². The van der Waals surface area contributed by atoms with Crippen molar-refractivity contribution in [3.63, 3.8) is 0 Å². The van der Waals surface area contributed by atoms with Crippen molar-refractivity contribution in [2.45, 2.75) is 25.9 Å². The maximum atomic E-state index is 10.8. The zero-order chi connectivity index (χ0) is 12.6. The quantitative estimate of drug-likeness (QED) is 0.763. The third-order valence-electron chi connectivity index (χ3n) is 2.57. The van der Waals surface area contributed by atoms with Crippen LogP contribution in [0.3, 0.4) is 0 Å². The van der Waals surface area contributed by atoms with E-state index in [2.05, 4.69) is 0 Å². The Morgan fingerprint density at radius 2 is 2.06 bits per heavy atom. The molecule has 0 saturated heterocycles. The van der Waals surface area contributed by atoms with E-state index < -0.39 is 5.43 Å². The van der Waals surface area contributed by atoms with Gasteiger partial charge in [-0.05, 0) is 26.0 Å². The van der Waals surface area contributed by atoms with E-state index in [0.29, 0.717) is 23.7 Å². The number of hydrogen-bond donors (Lipinski definition) is 0. The van der Waals surface area contributed by atoms with Crippen molar-refractivity contribution in [3.05, 3.63) is 17.7 Å². The maximum Gasteiger partial charge on any atom is 0.409 e. The van der Waals surface area contributed by atoms with Crippen molar-refractivity contribution in [1.29, 1.82) is 0 Å². The summed E-state index contributed by atoms with van der Waals surface area (Å²) in [5.41, 5.74) is -0.393. The lowest BCUT2D eigenvalue weighted by Crippen LogP contribution is -2.24. The van der Waals surface area contributed by atoms with Crippen LogP contribution in [0.5, 0.6) is 17.2 Å². The molecular formula is C12H13ClO4. The van der Waals surface area contributed by atoms with Crippen molar-refractivity contribution >= 4 is 17.0 Å². The summed E-state index contributed by atoms with van der Waals surface area (Å²) in [6.45, 7) is 3.91. The van der Waals surface area contributed by atoms with Crippen molar-refractivity contribution in [1.82, 2.24) is 0 Å². The van der Waals surface area contributed by atoms with Crippen LogP contribution in [-0.4, -0.2) is 18.1 Å². The zero-order valence-corrected chi connectivity index (χ0v) is 10.6. The fourth-order valence-corrected chi connectivity index (χ4v) is 2.03. The van der Waals surface area contributed by atoms with Crippen LogP contribution in [0, 0.1) is 0 Å². The maximum absolute atomic E-state index is 10.8. The Morgan fingerprint density at radius 1 is 1.41 bits per heavy atom. The SMILES string of the molecule is COc1ccc(OC(=O)Cl)c2c1OC(C)(C)C2. The van der Waals surface area contributed by atoms with Crippen LogP contribution in [-0.2, 0) is 6.42 Å². The molecule has 0 amide bonds. The Bertz CT molecular complexity index is 468. The van der Waals surface area contributed by atoms with Gasteiger partial charge in [-0.15, -0.1) is 0 Å². The smallest absolute Gasteiger partial charge is 0.409 e. The van der Waals surface area contributed by atoms with Gasteiger partial charge in [-0.1, -0.05) is 0 Å². The van der Waals surface area contributed by atoms with E-state index in [-0.39, 0.29) is 5.60 Å². The highest BCUT2D eigenvalue weighted by Crippen LogP contribution is 2.46. The zero-order valence-electron chi connectivity index (χ0n) is 9.87. The molecule has 1 aliphatic heterocycles. The lowest BCUT2D eigenvalue weighted by molar-refractivity contribution is 0.134. The molecule has 17 heavy (non-hydrogen) atoms. The third-order valence-corrected chi connectivity index (χ3v) is 2.65. The van der Waals surface area contributed by atoms with E-state index in [1.165, 1.54) is 0 Å². The van der Waals surface area contributed by atoms with E-state index in [0.717, 1.165) is 5.56 Å². The van der Waals surface area contributed by atoms with Gasteiger partial charge in [0.2, 0.25) is 0 Å². The van der Waals surface area contributed by atoms with Gasteiger partial charge in [0.15, 0.2) is 11.5 Å². The van der Waals surface area contributed by atoms with Crippen molar-refractivity contribution in [2.24, 2.45) is 0 Å². The highest BCUT2D eigenvalue weighted by molar-refractivity contribution is 6.61. The van der Waals surface area contributed by atoms with Crippen LogP contribution < -0.4 is 14.2 Å². The summed E-state index contributed by atoms with van der Waals surface area (Å²) in [6.07, 6.45) is 0.638. The van der Waals surface area contributed by atoms with Crippen molar-refractivity contribution in [3.8, 4) is 17.2 Å². The van der Waals surface area contributed by atoms with E-state index in [1.807, 2.05) is 13.8 Å². The van der Waals surface area contributed by atoms with Gasteiger partial charge in [-0.3, -0.25) is 0 Å². The second kappa shape index (κ2) is 4.11. The van der Waals surface area contributed by atoms with Crippen LogP contribution in [0.1, 0.15) is 19.4 Å². The van der Waals surface area contributed by atoms with Crippen LogP contribution in [0.2, 0.25) is 0 Å². The standard InChI is InChI=1S/C12H13ClO4/c1-12(2)6-7-8(16-11(13)14)4-5-9(15-3)10(7)17-12/h4-5H,6H2,1-3H3. The molecule has 0 aliphatic carbocycles. The number of halogens is 1. The lowest BCUT2D eigenvalue weighted by atomic mass is 10.0. The lowest BCUT2D eigenvalue weighted by Gasteiger charge is -2.17. The largest absolute Gasteiger partial charge is 0.493 e. The van der Waals surface area contributed by atoms with Gasteiger partial charge in [-0.2, -0.15) is 0 Å². The van der Waals surface area contributed by atoms with Crippen molar-refractivity contribution < 1.29 is 19.0 Å². The molecule has 4 nitrogen and oxygen atoms in total. The topological polar surface area (TPSA) is 44.8 Å². The van der Waals surface area contributed by atoms with E-state index in [1.54, 1.807) is 19.2 Å². The summed E-state index contributed by atoms with van der Waals surface area (Å²) >= 11 is 5.23. The molecule has 0 bridgehead atoms. The summed E-state index contributed by atoms with van der Waals surface area (Å²) in [5.74, 6) is 1.67. The molecule has 0 atom stereocenters. The molecule has 0 N–H and O–H groups in total. The predicted octanol–water partition coefficient (Wildman–Crippen LogP) is 3.15. The van der Waals surface area contributed by atoms with Gasteiger partial charge in [0, 0.05) is 23.6 Å². The number of carbonyl (C=O) groups is 1. The first kappa shape index (κ1) is 12.0. The minimum Gasteiger partial charge on any atom is -0.493 e. The first-order valence-corrected chi connectivity index (χ1v) is 5.57. The average Bonchev–Trinajstić information content (AvgIpc) is 2.53. The van der Waals surface area contributed by atoms with Gasteiger partial charge >= 0.3 is 5.43 Å².